The van der Waals surface area contributed by atoms with Crippen molar-refractivity contribution in [2.75, 3.05) is 52.7 Å². The number of allylic oxidation sites excluding steroid dienone is 1. The number of hydrogen-bond acceptors (Lipinski definition) is 6. The van der Waals surface area contributed by atoms with E-state index in [4.69, 9.17) is 24.1 Å². The van der Waals surface area contributed by atoms with Crippen LogP contribution in [0.25, 0.3) is 11.1 Å². The molecule has 7 nitrogen and oxygen atoms in total. The topological polar surface area (TPSA) is 77.5 Å². The summed E-state index contributed by atoms with van der Waals surface area (Å²) in [5.74, 6) is 0.324. The smallest absolute Gasteiger partial charge is 0.288 e. The zero-order valence-electron chi connectivity index (χ0n) is 24.4. The molecule has 3 atom stereocenters. The summed E-state index contributed by atoms with van der Waals surface area (Å²) in [6, 6.07) is 15.2. The number of carbonyl (C=O) groups is 1. The molecule has 0 saturated carbocycles. The minimum atomic E-state index is -0.544. The number of aliphatic hydroxyl groups is 1. The molecule has 1 aliphatic carbocycles. The molecule has 0 radical (unpaired) electrons. The fraction of sp³-hybridized carbons (Fsp3) is 0.559. The van der Waals surface area contributed by atoms with Crippen LogP contribution in [0.15, 0.2) is 54.3 Å². The highest BCUT2D eigenvalue weighted by Crippen LogP contribution is 2.45. The van der Waals surface area contributed by atoms with Gasteiger partial charge in [-0.25, -0.2) is 0 Å². The molecule has 2 aliphatic heterocycles. The number of likely N-dealkylation sites (tertiary alicyclic amines) is 1. The Hall–Kier alpha value is -2.71. The molecule has 0 aromatic heterocycles. The van der Waals surface area contributed by atoms with Crippen LogP contribution >= 0.6 is 0 Å². The first kappa shape index (κ1) is 29.8. The van der Waals surface area contributed by atoms with Gasteiger partial charge in [-0.1, -0.05) is 61.7 Å². The van der Waals surface area contributed by atoms with Gasteiger partial charge >= 0.3 is 0 Å². The van der Waals surface area contributed by atoms with E-state index in [2.05, 4.69) is 48.5 Å². The summed E-state index contributed by atoms with van der Waals surface area (Å²) in [5.41, 5.74) is 6.47. The van der Waals surface area contributed by atoms with Gasteiger partial charge in [0.1, 0.15) is 0 Å². The van der Waals surface area contributed by atoms with Crippen molar-refractivity contribution in [3.63, 3.8) is 0 Å². The van der Waals surface area contributed by atoms with Crippen molar-refractivity contribution in [1.82, 2.24) is 4.90 Å². The van der Waals surface area contributed by atoms with Gasteiger partial charge in [-0.2, -0.15) is 0 Å². The van der Waals surface area contributed by atoms with E-state index < -0.39 is 6.29 Å². The maximum Gasteiger partial charge on any atom is 0.288 e. The van der Waals surface area contributed by atoms with E-state index in [0.717, 1.165) is 45.2 Å². The summed E-state index contributed by atoms with van der Waals surface area (Å²) in [5, 5.41) is 8.92. The molecule has 5 rings (SSSR count). The molecule has 2 heterocycles. The van der Waals surface area contributed by atoms with Crippen LogP contribution in [0, 0.1) is 5.92 Å². The summed E-state index contributed by atoms with van der Waals surface area (Å²) < 4.78 is 23.9. The average Bonchev–Trinajstić information content (AvgIpc) is 3.36. The normalized spacial score (nSPS) is 22.2. The number of carbonyl (C=O) groups excluding carboxylic acids is 1. The number of benzene rings is 2. The Morgan fingerprint density at radius 3 is 2.44 bits per heavy atom. The van der Waals surface area contributed by atoms with Crippen LogP contribution in [0.4, 0.5) is 0 Å². The highest BCUT2D eigenvalue weighted by atomic mass is 16.7. The van der Waals surface area contributed by atoms with Crippen LogP contribution in [0.5, 0.6) is 0 Å². The van der Waals surface area contributed by atoms with E-state index in [1.165, 1.54) is 34.2 Å². The van der Waals surface area contributed by atoms with Gasteiger partial charge in [-0.15, -0.1) is 0 Å². The third-order valence-electron chi connectivity index (χ3n) is 8.52. The summed E-state index contributed by atoms with van der Waals surface area (Å²) in [4.78, 5) is 15.8. The maximum absolute atomic E-state index is 13.9. The van der Waals surface area contributed by atoms with Gasteiger partial charge in [0.05, 0.1) is 26.4 Å². The second-order valence-electron chi connectivity index (χ2n) is 11.2. The highest BCUT2D eigenvalue weighted by Gasteiger charge is 2.40. The van der Waals surface area contributed by atoms with Crippen LogP contribution < -0.4 is 0 Å². The molecule has 222 valence electrons. The molecule has 2 aromatic rings. The van der Waals surface area contributed by atoms with Crippen LogP contribution in [0.1, 0.15) is 68.1 Å². The quantitative estimate of drug-likeness (QED) is 0.296. The Morgan fingerprint density at radius 2 is 1.66 bits per heavy atom. The Balaban J connectivity index is 1.44. The Morgan fingerprint density at radius 1 is 0.927 bits per heavy atom. The fourth-order valence-corrected chi connectivity index (χ4v) is 6.49. The zero-order chi connectivity index (χ0) is 28.4. The fourth-order valence-electron chi connectivity index (χ4n) is 6.49. The molecule has 41 heavy (non-hydrogen) atoms. The van der Waals surface area contributed by atoms with Crippen molar-refractivity contribution in [3.8, 4) is 11.1 Å². The average molecular weight is 564 g/mol. The molecule has 0 bridgehead atoms. The van der Waals surface area contributed by atoms with Crippen molar-refractivity contribution in [2.45, 2.75) is 64.1 Å². The number of nitrogens with zero attached hydrogens (tertiary/aromatic N) is 1. The lowest BCUT2D eigenvalue weighted by Crippen LogP contribution is -2.42. The van der Waals surface area contributed by atoms with E-state index in [9.17, 15) is 4.79 Å². The summed E-state index contributed by atoms with van der Waals surface area (Å²) >= 11 is 0. The number of fused-ring (bicyclic) bond motifs is 3. The monoisotopic (exact) mass is 563 g/mol. The van der Waals surface area contributed by atoms with Gasteiger partial charge in [-0.05, 0) is 66.5 Å². The minimum absolute atomic E-state index is 0.00715. The van der Waals surface area contributed by atoms with Gasteiger partial charge < -0.3 is 29.0 Å². The molecule has 2 aromatic carbocycles. The second kappa shape index (κ2) is 15.0. The zero-order valence-corrected chi connectivity index (χ0v) is 24.4. The molecule has 1 N–H and O–H groups in total. The molecule has 0 unspecified atom stereocenters. The van der Waals surface area contributed by atoms with Crippen LogP contribution in [-0.4, -0.2) is 74.9 Å². The first-order chi connectivity index (χ1) is 20.2. The summed E-state index contributed by atoms with van der Waals surface area (Å²) in [7, 11) is 0. The van der Waals surface area contributed by atoms with Gasteiger partial charge in [-0.3, -0.25) is 4.79 Å². The molecule has 3 aliphatic rings. The predicted molar refractivity (Wildman–Crippen MR) is 159 cm³/mol. The van der Waals surface area contributed by atoms with E-state index >= 15 is 0 Å². The van der Waals surface area contributed by atoms with Gasteiger partial charge in [0, 0.05) is 38.1 Å². The van der Waals surface area contributed by atoms with Crippen LogP contribution in [0.2, 0.25) is 0 Å². The summed E-state index contributed by atoms with van der Waals surface area (Å²) in [6.45, 7) is 5.76. The van der Waals surface area contributed by atoms with E-state index in [1.807, 2.05) is 11.8 Å². The minimum Gasteiger partial charge on any atom is -0.459 e. The van der Waals surface area contributed by atoms with Crippen LogP contribution in [-0.2, 0) is 30.2 Å². The Kier molecular flexibility index (Phi) is 10.9. The number of rotatable bonds is 12. The first-order valence-corrected chi connectivity index (χ1v) is 15.5. The lowest BCUT2D eigenvalue weighted by Gasteiger charge is -2.38. The van der Waals surface area contributed by atoms with Crippen molar-refractivity contribution in [2.24, 2.45) is 5.92 Å². The SMILES string of the molecule is CCO[C@@H]1OC(C(=O)N2CCCCCCC2)=C[C@H](c2cccc3c2Cc2ccccc2-3)[C@@H]1CCOCCOCCO. The molecular weight excluding hydrogens is 518 g/mol. The number of aliphatic hydroxyl groups excluding tert-OH is 1. The lowest BCUT2D eigenvalue weighted by molar-refractivity contribution is -0.172. The van der Waals surface area contributed by atoms with E-state index in [0.29, 0.717) is 45.2 Å². The third kappa shape index (κ3) is 7.20. The van der Waals surface area contributed by atoms with Gasteiger partial charge in [0.25, 0.3) is 5.91 Å². The lowest BCUT2D eigenvalue weighted by atomic mass is 9.78. The molecular formula is C34H45NO6. The number of ether oxygens (including phenoxy) is 4. The van der Waals surface area contributed by atoms with Gasteiger partial charge in [0.2, 0.25) is 6.29 Å². The standard InChI is InChI=1S/C34H45NO6/c1-2-40-34-29(15-19-38-21-22-39-20-18-36)31(24-32(41-34)33(37)35-16-8-4-3-5-9-17-35)28-14-10-13-27-26-12-7-6-11-25(26)23-30(27)28/h6-7,10-14,24,29,31,34,36H,2-5,8-9,15-23H2,1H3/t29-,31+,34+/m0/s1. The number of hydrogen-bond donors (Lipinski definition) is 1. The number of amides is 1. The first-order valence-electron chi connectivity index (χ1n) is 15.5. The van der Waals surface area contributed by atoms with E-state index in [1.54, 1.807) is 0 Å². The Bertz CT molecular complexity index is 1170. The molecule has 1 saturated heterocycles. The van der Waals surface area contributed by atoms with Crippen molar-refractivity contribution < 1.29 is 28.8 Å². The molecule has 7 heteroatoms. The predicted octanol–water partition coefficient (Wildman–Crippen LogP) is 5.44. The van der Waals surface area contributed by atoms with Gasteiger partial charge in [0.15, 0.2) is 5.76 Å². The summed E-state index contributed by atoms with van der Waals surface area (Å²) in [6.07, 6.45) is 8.76. The Labute approximate surface area is 244 Å². The third-order valence-corrected chi connectivity index (χ3v) is 8.52. The molecule has 0 spiro atoms. The maximum atomic E-state index is 13.9. The molecule has 1 fully saturated rings. The largest absolute Gasteiger partial charge is 0.459 e. The van der Waals surface area contributed by atoms with Crippen molar-refractivity contribution in [3.05, 3.63) is 71.0 Å². The second-order valence-corrected chi connectivity index (χ2v) is 11.2. The van der Waals surface area contributed by atoms with Crippen molar-refractivity contribution >= 4 is 5.91 Å². The van der Waals surface area contributed by atoms with Crippen molar-refractivity contribution in [1.29, 1.82) is 0 Å². The van der Waals surface area contributed by atoms with Crippen LogP contribution in [0.3, 0.4) is 0 Å². The highest BCUT2D eigenvalue weighted by molar-refractivity contribution is 5.92. The molecule has 1 amide bonds. The van der Waals surface area contributed by atoms with E-state index in [-0.39, 0.29) is 24.3 Å².